The fourth-order valence-electron chi connectivity index (χ4n) is 4.51. The van der Waals surface area contributed by atoms with Crippen LogP contribution < -0.4 is 0 Å². The molecule has 1 rings (SSSR count). The van der Waals surface area contributed by atoms with Crippen LogP contribution in [0.3, 0.4) is 0 Å². The molecule has 0 aromatic rings. The van der Waals surface area contributed by atoms with Crippen LogP contribution in [0.25, 0.3) is 0 Å². The van der Waals surface area contributed by atoms with Gasteiger partial charge in [-0.15, -0.1) is 0 Å². The molecule has 3 heteroatoms. The third-order valence-electron chi connectivity index (χ3n) is 7.06. The van der Waals surface area contributed by atoms with E-state index in [0.717, 1.165) is 50.1 Å². The minimum atomic E-state index is -0.172. The van der Waals surface area contributed by atoms with E-state index in [1.165, 1.54) is 64.2 Å². The first kappa shape index (κ1) is 32.2. The predicted octanol–water partition coefficient (Wildman–Crippen LogP) is 8.82. The maximum absolute atomic E-state index is 12.5. The number of esters is 1. The number of hydrogen-bond donors (Lipinski definition) is 0. The fourth-order valence-corrected chi connectivity index (χ4v) is 4.51. The van der Waals surface area contributed by atoms with Crippen LogP contribution in [-0.4, -0.2) is 36.6 Å². The monoisotopic (exact) mass is 465 g/mol. The van der Waals surface area contributed by atoms with Crippen molar-refractivity contribution in [2.75, 3.05) is 19.6 Å². The summed E-state index contributed by atoms with van der Waals surface area (Å²) >= 11 is 0. The van der Waals surface area contributed by atoms with Gasteiger partial charge < -0.3 is 4.74 Å². The van der Waals surface area contributed by atoms with E-state index in [-0.39, 0.29) is 12.1 Å². The minimum Gasteiger partial charge on any atom is -0.459 e. The first-order chi connectivity index (χ1) is 15.8. The Hall–Kier alpha value is -0.830. The molecule has 0 radical (unpaired) electrons. The van der Waals surface area contributed by atoms with E-state index in [2.05, 4.69) is 59.9 Å². The first-order valence-electron chi connectivity index (χ1n) is 14.4. The fraction of sp³-hybridized carbons (Fsp3) is 0.900. The normalized spacial score (nSPS) is 20.0. The lowest BCUT2D eigenvalue weighted by atomic mass is 9.82. The molecule has 3 nitrogen and oxygen atoms in total. The van der Waals surface area contributed by atoms with E-state index < -0.39 is 0 Å². The minimum absolute atomic E-state index is 0.101. The van der Waals surface area contributed by atoms with Gasteiger partial charge in [-0.25, -0.2) is 4.79 Å². The van der Waals surface area contributed by atoms with Gasteiger partial charge in [0, 0.05) is 12.1 Å². The van der Waals surface area contributed by atoms with Gasteiger partial charge in [-0.2, -0.15) is 0 Å². The van der Waals surface area contributed by atoms with Crippen molar-refractivity contribution in [2.45, 2.75) is 138 Å². The van der Waals surface area contributed by atoms with Crippen molar-refractivity contribution in [2.24, 2.45) is 17.8 Å². The highest BCUT2D eigenvalue weighted by Gasteiger charge is 2.25. The molecular formula is C30H59NO2. The lowest BCUT2D eigenvalue weighted by Crippen LogP contribution is -2.32. The molecular weight excluding hydrogens is 406 g/mol. The molecule has 0 aliphatic heterocycles. The van der Waals surface area contributed by atoms with Crippen LogP contribution in [0.4, 0.5) is 0 Å². The molecule has 1 fully saturated rings. The summed E-state index contributed by atoms with van der Waals surface area (Å²) in [5, 5.41) is 0. The number of rotatable bonds is 16. The molecule has 0 heterocycles. The number of carbonyl (C=O) groups excluding carboxylic acids is 1. The summed E-state index contributed by atoms with van der Waals surface area (Å²) in [4.78, 5) is 14.9. The van der Waals surface area contributed by atoms with Gasteiger partial charge in [0.1, 0.15) is 6.10 Å². The molecule has 0 spiro atoms. The van der Waals surface area contributed by atoms with E-state index in [0.29, 0.717) is 12.1 Å². The summed E-state index contributed by atoms with van der Waals surface area (Å²) in [6, 6.07) is 0. The molecule has 0 N–H and O–H groups in total. The second kappa shape index (κ2) is 20.5. The van der Waals surface area contributed by atoms with Gasteiger partial charge in [-0.05, 0) is 69.4 Å². The molecule has 2 unspecified atom stereocenters. The van der Waals surface area contributed by atoms with Crippen LogP contribution in [0.1, 0.15) is 132 Å². The number of unbranched alkanes of at least 4 members (excludes halogenated alkanes) is 1. The van der Waals surface area contributed by atoms with Crippen LogP contribution in [0.2, 0.25) is 0 Å². The molecule has 0 aromatic heterocycles. The molecule has 1 aliphatic carbocycles. The molecule has 196 valence electrons. The number of ether oxygens (including phenoxy) is 1. The molecule has 0 bridgehead atoms. The van der Waals surface area contributed by atoms with Crippen molar-refractivity contribution in [3.63, 3.8) is 0 Å². The largest absolute Gasteiger partial charge is 0.459 e. The Morgan fingerprint density at radius 2 is 1.52 bits per heavy atom. The van der Waals surface area contributed by atoms with Gasteiger partial charge in [-0.3, -0.25) is 4.90 Å². The third kappa shape index (κ3) is 16.4. The summed E-state index contributed by atoms with van der Waals surface area (Å²) in [7, 11) is 0. The Labute approximate surface area is 208 Å². The maximum Gasteiger partial charge on any atom is 0.334 e. The predicted molar refractivity (Wildman–Crippen MR) is 146 cm³/mol. The van der Waals surface area contributed by atoms with Crippen LogP contribution in [-0.2, 0) is 9.53 Å². The highest BCUT2D eigenvalue weighted by molar-refractivity contribution is 5.88. The average molecular weight is 466 g/mol. The maximum atomic E-state index is 12.5. The Balaban J connectivity index is 0.00000322. The lowest BCUT2D eigenvalue weighted by molar-refractivity contribution is -0.146. The van der Waals surface area contributed by atoms with Crippen molar-refractivity contribution < 1.29 is 9.53 Å². The van der Waals surface area contributed by atoms with Gasteiger partial charge in [0.25, 0.3) is 0 Å². The van der Waals surface area contributed by atoms with Crippen LogP contribution in [0.15, 0.2) is 12.2 Å². The molecule has 0 saturated heterocycles. The Morgan fingerprint density at radius 3 is 2.06 bits per heavy atom. The van der Waals surface area contributed by atoms with Crippen LogP contribution in [0.5, 0.6) is 0 Å². The number of carbonyl (C=O) groups is 1. The van der Waals surface area contributed by atoms with Crippen molar-refractivity contribution in [1.82, 2.24) is 4.90 Å². The third-order valence-corrected chi connectivity index (χ3v) is 7.06. The van der Waals surface area contributed by atoms with E-state index in [1.807, 2.05) is 0 Å². The van der Waals surface area contributed by atoms with Gasteiger partial charge in [0.15, 0.2) is 0 Å². The molecule has 33 heavy (non-hydrogen) atoms. The van der Waals surface area contributed by atoms with Gasteiger partial charge in [0.05, 0.1) is 0 Å². The van der Waals surface area contributed by atoms with Crippen molar-refractivity contribution in [1.29, 1.82) is 0 Å². The van der Waals surface area contributed by atoms with Crippen molar-refractivity contribution >= 4 is 5.97 Å². The Bertz CT molecular complexity index is 482. The summed E-state index contributed by atoms with van der Waals surface area (Å²) in [6.45, 7) is 22.5. The first-order valence-corrected chi connectivity index (χ1v) is 14.4. The molecule has 2 atom stereocenters. The zero-order chi connectivity index (χ0) is 25.1. The highest BCUT2D eigenvalue weighted by atomic mass is 16.5. The zero-order valence-corrected chi connectivity index (χ0v) is 23.6. The molecule has 0 aromatic carbocycles. The van der Waals surface area contributed by atoms with E-state index >= 15 is 0 Å². The molecule has 0 amide bonds. The molecule has 1 aliphatic rings. The van der Waals surface area contributed by atoms with Crippen molar-refractivity contribution in [3.05, 3.63) is 12.2 Å². The topological polar surface area (TPSA) is 29.5 Å². The smallest absolute Gasteiger partial charge is 0.334 e. The van der Waals surface area contributed by atoms with Gasteiger partial charge in [0.2, 0.25) is 0 Å². The summed E-state index contributed by atoms with van der Waals surface area (Å²) < 4.78 is 5.82. The summed E-state index contributed by atoms with van der Waals surface area (Å²) in [6.07, 6.45) is 16.0. The second-order valence-electron chi connectivity index (χ2n) is 10.8. The van der Waals surface area contributed by atoms with E-state index in [9.17, 15) is 4.79 Å². The highest BCUT2D eigenvalue weighted by Crippen LogP contribution is 2.31. The lowest BCUT2D eigenvalue weighted by Gasteiger charge is -2.29. The van der Waals surface area contributed by atoms with Crippen LogP contribution in [0, 0.1) is 17.8 Å². The summed E-state index contributed by atoms with van der Waals surface area (Å²) in [5.74, 6) is 2.36. The van der Waals surface area contributed by atoms with E-state index in [1.54, 1.807) is 0 Å². The van der Waals surface area contributed by atoms with Gasteiger partial charge >= 0.3 is 5.97 Å². The second-order valence-corrected chi connectivity index (χ2v) is 10.8. The van der Waals surface area contributed by atoms with Crippen molar-refractivity contribution in [3.8, 4) is 0 Å². The Morgan fingerprint density at radius 1 is 0.909 bits per heavy atom. The zero-order valence-electron chi connectivity index (χ0n) is 23.6. The number of hydrogen-bond acceptors (Lipinski definition) is 3. The average Bonchev–Trinajstić information content (AvgIpc) is 2.81. The summed E-state index contributed by atoms with van der Waals surface area (Å²) in [5.41, 5.74) is 0.622. The van der Waals surface area contributed by atoms with Crippen LogP contribution >= 0.6 is 0 Å². The van der Waals surface area contributed by atoms with Gasteiger partial charge in [-0.1, -0.05) is 100.0 Å². The standard InChI is InChI=1S/C27H51NO2.C3H8/c1-7-10-20-28(19-8-2)21-24(6)27(29)30-26-17-15-25(16-18-26)14-13-23(5)12-11-22(4)9-3;1-3-2/h22-23,25-26H,6-21H2,1-5H3;3H2,1-2H3. The Kier molecular flexibility index (Phi) is 20.0. The molecule has 1 saturated carbocycles. The quantitative estimate of drug-likeness (QED) is 0.168. The SMILES string of the molecule is C=C(CN(CCC)CCCC)C(=O)OC1CCC(CCC(C)CCC(C)CC)CC1.CCC. The van der Waals surface area contributed by atoms with E-state index in [4.69, 9.17) is 4.74 Å². The number of nitrogens with zero attached hydrogens (tertiary/aromatic N) is 1.